The lowest BCUT2D eigenvalue weighted by Crippen LogP contribution is -2.60. The van der Waals surface area contributed by atoms with Crippen LogP contribution in [0, 0.1) is 0 Å². The predicted molar refractivity (Wildman–Crippen MR) is 116 cm³/mol. The van der Waals surface area contributed by atoms with Gasteiger partial charge in [0.25, 0.3) is 0 Å². The van der Waals surface area contributed by atoms with Gasteiger partial charge in [-0.3, -0.25) is 0 Å². The summed E-state index contributed by atoms with van der Waals surface area (Å²) >= 11 is 0. The van der Waals surface area contributed by atoms with Crippen molar-refractivity contribution < 1.29 is 32.6 Å². The van der Waals surface area contributed by atoms with Crippen molar-refractivity contribution in [2.45, 2.75) is 37.4 Å². The van der Waals surface area contributed by atoms with Crippen molar-refractivity contribution in [2.75, 3.05) is 27.9 Å². The molecule has 0 saturated carbocycles. The van der Waals surface area contributed by atoms with Gasteiger partial charge in [-0.15, -0.1) is 0 Å². The molecule has 0 spiro atoms. The molecule has 2 aromatic rings. The maximum absolute atomic E-state index is 13.6. The number of methoxy groups -OCH3 is 3. The Morgan fingerprint density at radius 3 is 1.74 bits per heavy atom. The fraction of sp³-hybridized carbons (Fsp3) is 0.455. The highest BCUT2D eigenvalue weighted by Crippen LogP contribution is 2.45. The van der Waals surface area contributed by atoms with E-state index < -0.39 is 20.0 Å². The van der Waals surface area contributed by atoms with Gasteiger partial charge in [-0.2, -0.15) is 5.09 Å². The maximum Gasteiger partial charge on any atom is 0.512 e. The minimum Gasteiger partial charge on any atom is -0.405 e. The van der Waals surface area contributed by atoms with Crippen molar-refractivity contribution in [3.8, 4) is 11.5 Å². The van der Waals surface area contributed by atoms with E-state index in [4.69, 9.17) is 28.0 Å². The van der Waals surface area contributed by atoms with E-state index in [0.29, 0.717) is 11.5 Å². The highest BCUT2D eigenvalue weighted by molar-refractivity contribution is 7.52. The van der Waals surface area contributed by atoms with Gasteiger partial charge in [0, 0.05) is 27.9 Å². The molecule has 0 amide bonds. The van der Waals surface area contributed by atoms with E-state index in [1.807, 2.05) is 19.1 Å². The number of hydrogen-bond acceptors (Lipinski definition) is 7. The zero-order chi connectivity index (χ0) is 22.3. The van der Waals surface area contributed by atoms with Gasteiger partial charge in [0.15, 0.2) is 0 Å². The lowest BCUT2D eigenvalue weighted by Gasteiger charge is -2.44. The lowest BCUT2D eigenvalue weighted by molar-refractivity contribution is -0.235. The Bertz CT molecular complexity index is 793. The van der Waals surface area contributed by atoms with Crippen LogP contribution in [0.4, 0.5) is 0 Å². The van der Waals surface area contributed by atoms with Crippen molar-refractivity contribution >= 4 is 7.75 Å². The summed E-state index contributed by atoms with van der Waals surface area (Å²) in [6.45, 7) is 2.05. The quantitative estimate of drug-likeness (QED) is 0.548. The second-order valence-corrected chi connectivity index (χ2v) is 8.83. The summed E-state index contributed by atoms with van der Waals surface area (Å²) in [4.78, 5) is 0. The largest absolute Gasteiger partial charge is 0.512 e. The summed E-state index contributed by atoms with van der Waals surface area (Å²) in [6.07, 6.45) is -1.81. The molecule has 5 atom stereocenters. The zero-order valence-electron chi connectivity index (χ0n) is 18.2. The predicted octanol–water partition coefficient (Wildman–Crippen LogP) is 3.67. The minimum atomic E-state index is -3.79. The number of nitrogens with one attached hydrogen (secondary N) is 1. The van der Waals surface area contributed by atoms with Crippen LogP contribution >= 0.6 is 7.75 Å². The van der Waals surface area contributed by atoms with Gasteiger partial charge in [-0.05, 0) is 31.2 Å². The lowest BCUT2D eigenvalue weighted by atomic mass is 9.95. The molecule has 0 aliphatic carbocycles. The van der Waals surface area contributed by atoms with Crippen LogP contribution in [0.15, 0.2) is 60.7 Å². The Morgan fingerprint density at radius 2 is 1.29 bits per heavy atom. The fourth-order valence-corrected chi connectivity index (χ4v) is 5.03. The molecular weight excluding hydrogens is 421 g/mol. The van der Waals surface area contributed by atoms with Gasteiger partial charge < -0.3 is 28.0 Å². The molecule has 1 aliphatic heterocycles. The first-order chi connectivity index (χ1) is 15.0. The highest BCUT2D eigenvalue weighted by Gasteiger charge is 2.46. The van der Waals surface area contributed by atoms with E-state index in [2.05, 4.69) is 5.09 Å². The molecule has 1 fully saturated rings. The van der Waals surface area contributed by atoms with Crippen molar-refractivity contribution in [3.05, 3.63) is 60.7 Å². The second kappa shape index (κ2) is 11.1. The molecule has 1 N–H and O–H groups in total. The third-order valence-electron chi connectivity index (χ3n) is 5.11. The SMILES string of the molecule is CO[C@@H]1[C@@H](OC)[C@H](C)O[C@@H](CNP(=O)(Oc2ccccc2)Oc2ccccc2)[C@@H]1OC. The monoisotopic (exact) mass is 451 g/mol. The van der Waals surface area contributed by atoms with Gasteiger partial charge in [0.05, 0.1) is 12.2 Å². The van der Waals surface area contributed by atoms with Crippen LogP contribution in [0.3, 0.4) is 0 Å². The van der Waals surface area contributed by atoms with Gasteiger partial charge >= 0.3 is 7.75 Å². The summed E-state index contributed by atoms with van der Waals surface area (Å²) in [5, 5.41) is 2.93. The van der Waals surface area contributed by atoms with Crippen LogP contribution in [0.1, 0.15) is 6.92 Å². The summed E-state index contributed by atoms with van der Waals surface area (Å²) in [5.74, 6) is 0.842. The Morgan fingerprint density at radius 1 is 0.806 bits per heavy atom. The summed E-state index contributed by atoms with van der Waals surface area (Å²) in [7, 11) is 0.998. The first-order valence-corrected chi connectivity index (χ1v) is 11.6. The first kappa shape index (κ1) is 23.7. The molecule has 1 aliphatic rings. The number of para-hydroxylation sites is 2. The smallest absolute Gasteiger partial charge is 0.405 e. The third-order valence-corrected chi connectivity index (χ3v) is 6.58. The normalized spacial score (nSPS) is 26.4. The van der Waals surface area contributed by atoms with E-state index in [1.54, 1.807) is 69.9 Å². The van der Waals surface area contributed by atoms with E-state index >= 15 is 0 Å². The van der Waals surface area contributed by atoms with Crippen LogP contribution in [0.5, 0.6) is 11.5 Å². The Hall–Kier alpha value is -1.93. The first-order valence-electron chi connectivity index (χ1n) is 10.1. The standard InChI is InChI=1S/C22H30NO7P/c1-16-20(25-2)22(27-4)21(26-3)19(28-16)15-23-31(24,29-17-11-7-5-8-12-17)30-18-13-9-6-10-14-18/h5-14,16,19-22H,15H2,1-4H3,(H,23,24)/t16-,19-,20-,21-,22+/m0/s1. The molecule has 8 nitrogen and oxygen atoms in total. The number of ether oxygens (including phenoxy) is 4. The van der Waals surface area contributed by atoms with Gasteiger partial charge in [-0.1, -0.05) is 36.4 Å². The van der Waals surface area contributed by atoms with Crippen molar-refractivity contribution in [3.63, 3.8) is 0 Å². The number of hydrogen-bond donors (Lipinski definition) is 1. The molecule has 3 rings (SSSR count). The molecular formula is C22H30NO7P. The third kappa shape index (κ3) is 6.07. The molecule has 170 valence electrons. The van der Waals surface area contributed by atoms with Crippen molar-refractivity contribution in [1.29, 1.82) is 0 Å². The highest BCUT2D eigenvalue weighted by atomic mass is 31.2. The molecule has 0 radical (unpaired) electrons. The summed E-state index contributed by atoms with van der Waals surface area (Å²) in [6, 6.07) is 17.7. The van der Waals surface area contributed by atoms with Gasteiger partial charge in [-0.25, -0.2) is 4.57 Å². The number of benzene rings is 2. The van der Waals surface area contributed by atoms with Gasteiger partial charge in [0.1, 0.15) is 29.8 Å². The molecule has 0 unspecified atom stereocenters. The molecule has 0 bridgehead atoms. The zero-order valence-corrected chi connectivity index (χ0v) is 19.1. The number of rotatable bonds is 10. The minimum absolute atomic E-state index is 0.149. The average molecular weight is 451 g/mol. The van der Waals surface area contributed by atoms with Crippen LogP contribution in [0.25, 0.3) is 0 Å². The molecule has 1 heterocycles. The van der Waals surface area contributed by atoms with E-state index in [-0.39, 0.29) is 24.9 Å². The topological polar surface area (TPSA) is 84.5 Å². The summed E-state index contributed by atoms with van der Waals surface area (Å²) in [5.41, 5.74) is 0. The summed E-state index contributed by atoms with van der Waals surface area (Å²) < 4.78 is 48.1. The second-order valence-electron chi connectivity index (χ2n) is 7.15. The maximum atomic E-state index is 13.6. The van der Waals surface area contributed by atoms with Crippen molar-refractivity contribution in [1.82, 2.24) is 5.09 Å². The Labute approximate surface area is 183 Å². The van der Waals surface area contributed by atoms with Gasteiger partial charge in [0.2, 0.25) is 0 Å². The van der Waals surface area contributed by atoms with Crippen LogP contribution in [0.2, 0.25) is 0 Å². The van der Waals surface area contributed by atoms with Crippen LogP contribution in [-0.2, 0) is 23.5 Å². The van der Waals surface area contributed by atoms with E-state index in [1.165, 1.54) is 0 Å². The molecule has 9 heteroatoms. The van der Waals surface area contributed by atoms with Crippen molar-refractivity contribution in [2.24, 2.45) is 0 Å². The molecule has 2 aromatic carbocycles. The average Bonchev–Trinajstić information content (AvgIpc) is 2.78. The van der Waals surface area contributed by atoms with E-state index in [9.17, 15) is 4.57 Å². The van der Waals surface area contributed by atoms with E-state index in [0.717, 1.165) is 0 Å². The van der Waals surface area contributed by atoms with Crippen LogP contribution in [-0.4, -0.2) is 58.4 Å². The molecule has 0 aromatic heterocycles. The Balaban J connectivity index is 1.78. The molecule has 1 saturated heterocycles. The Kier molecular flexibility index (Phi) is 8.49. The molecule has 31 heavy (non-hydrogen) atoms. The fourth-order valence-electron chi connectivity index (χ4n) is 3.67. The van der Waals surface area contributed by atoms with Crippen LogP contribution < -0.4 is 14.1 Å².